The molecule has 0 rings (SSSR count). The van der Waals surface area contributed by atoms with Crippen molar-refractivity contribution < 1.29 is 28.6 Å². The standard InChI is InChI=1S/C74H138O6/c1-4-7-10-13-16-18-20-22-24-26-28-30-31-32-33-34-35-36-37-38-39-40-41-42-43-45-46-48-50-52-54-56-58-61-64-67-73(76)79-70-71(69-78-72(75)66-63-60-15-12-9-6-3)80-74(77)68-65-62-59-57-55-53-51-49-47-44-29-27-25-23-21-19-17-14-11-8-5-2/h20,22,26-29,71H,4-19,21,23-25,30-70H2,1-3H3/b22-20-,28-26-,29-27-. The number of carbonyl (C=O) groups is 3. The van der Waals surface area contributed by atoms with Crippen LogP contribution in [0, 0.1) is 0 Å². The molecule has 0 heterocycles. The summed E-state index contributed by atoms with van der Waals surface area (Å²) in [4.78, 5) is 38.1. The quantitative estimate of drug-likeness (QED) is 0.0261. The number of hydrogen-bond donors (Lipinski definition) is 0. The lowest BCUT2D eigenvalue weighted by atomic mass is 10.0. The van der Waals surface area contributed by atoms with Crippen LogP contribution in [0.5, 0.6) is 0 Å². The average molecular weight is 1120 g/mol. The Balaban J connectivity index is 3.91. The summed E-state index contributed by atoms with van der Waals surface area (Å²) in [6, 6.07) is 0. The molecule has 0 fully saturated rings. The molecule has 0 N–H and O–H groups in total. The molecule has 0 amide bonds. The molecule has 0 aromatic heterocycles. The minimum atomic E-state index is -0.767. The molecule has 0 aromatic carbocycles. The van der Waals surface area contributed by atoms with Crippen LogP contribution in [-0.2, 0) is 28.6 Å². The fourth-order valence-electron chi connectivity index (χ4n) is 10.9. The van der Waals surface area contributed by atoms with Crippen molar-refractivity contribution in [3.05, 3.63) is 36.5 Å². The smallest absolute Gasteiger partial charge is 0.306 e. The third-order valence-corrected chi connectivity index (χ3v) is 16.4. The topological polar surface area (TPSA) is 78.9 Å². The van der Waals surface area contributed by atoms with Crippen LogP contribution in [0.15, 0.2) is 36.5 Å². The average Bonchev–Trinajstić information content (AvgIpc) is 3.46. The van der Waals surface area contributed by atoms with Crippen LogP contribution >= 0.6 is 0 Å². The van der Waals surface area contributed by atoms with Crippen LogP contribution in [-0.4, -0.2) is 37.2 Å². The van der Waals surface area contributed by atoms with Gasteiger partial charge in [0.25, 0.3) is 0 Å². The fourth-order valence-corrected chi connectivity index (χ4v) is 10.9. The fraction of sp³-hybridized carbons (Fsp3) is 0.878. The lowest BCUT2D eigenvalue weighted by Gasteiger charge is -2.18. The summed E-state index contributed by atoms with van der Waals surface area (Å²) in [6.07, 6.45) is 86.6. The molecule has 0 aromatic rings. The maximum absolute atomic E-state index is 12.9. The molecular weight excluding hydrogens is 985 g/mol. The van der Waals surface area contributed by atoms with Crippen LogP contribution in [0.1, 0.15) is 400 Å². The van der Waals surface area contributed by atoms with Gasteiger partial charge in [-0.3, -0.25) is 14.4 Å². The van der Waals surface area contributed by atoms with Crippen molar-refractivity contribution in [1.29, 1.82) is 0 Å². The number of hydrogen-bond acceptors (Lipinski definition) is 6. The molecule has 0 spiro atoms. The molecule has 0 aliphatic carbocycles. The van der Waals surface area contributed by atoms with E-state index in [2.05, 4.69) is 57.2 Å². The second-order valence-electron chi connectivity index (χ2n) is 24.5. The highest BCUT2D eigenvalue weighted by atomic mass is 16.6. The van der Waals surface area contributed by atoms with Gasteiger partial charge >= 0.3 is 17.9 Å². The Hall–Kier alpha value is -2.37. The molecule has 0 saturated carbocycles. The number of carbonyl (C=O) groups excluding carboxylic acids is 3. The van der Waals surface area contributed by atoms with Crippen LogP contribution in [0.2, 0.25) is 0 Å². The van der Waals surface area contributed by atoms with Crippen molar-refractivity contribution in [2.75, 3.05) is 13.2 Å². The molecule has 0 aliphatic rings. The SMILES string of the molecule is CCCCCCC/C=C\C/C=C\CCCCCCCCCCCCCCCCCCCCCCCCCC(=O)OCC(COC(=O)CCCCCCCC)OC(=O)CCCCCCCCCCC/C=C\CCCCCCCCCC. The van der Waals surface area contributed by atoms with Gasteiger partial charge in [0, 0.05) is 19.3 Å². The Morgan fingerprint density at radius 2 is 0.450 bits per heavy atom. The van der Waals surface area contributed by atoms with Crippen molar-refractivity contribution in [3.8, 4) is 0 Å². The van der Waals surface area contributed by atoms with Crippen molar-refractivity contribution in [2.45, 2.75) is 406 Å². The molecule has 1 unspecified atom stereocenters. The first-order valence-corrected chi connectivity index (χ1v) is 36.0. The van der Waals surface area contributed by atoms with Gasteiger partial charge in [-0.15, -0.1) is 0 Å². The largest absolute Gasteiger partial charge is 0.462 e. The molecule has 80 heavy (non-hydrogen) atoms. The normalized spacial score (nSPS) is 12.2. The molecule has 1 atom stereocenters. The molecule has 470 valence electrons. The van der Waals surface area contributed by atoms with Crippen molar-refractivity contribution in [1.82, 2.24) is 0 Å². The zero-order valence-corrected chi connectivity index (χ0v) is 54.1. The van der Waals surface area contributed by atoms with Crippen molar-refractivity contribution >= 4 is 17.9 Å². The first-order valence-electron chi connectivity index (χ1n) is 36.0. The van der Waals surface area contributed by atoms with Crippen LogP contribution in [0.3, 0.4) is 0 Å². The summed E-state index contributed by atoms with van der Waals surface area (Å²) < 4.78 is 16.9. The molecule has 0 saturated heterocycles. The maximum atomic E-state index is 12.9. The number of unbranched alkanes of at least 4 members (excludes halogenated alkanes) is 50. The Labute approximate surface area is 499 Å². The highest BCUT2D eigenvalue weighted by Crippen LogP contribution is 2.18. The summed E-state index contributed by atoms with van der Waals surface area (Å²) in [5.41, 5.74) is 0. The summed E-state index contributed by atoms with van der Waals surface area (Å²) in [7, 11) is 0. The van der Waals surface area contributed by atoms with Gasteiger partial charge in [0.15, 0.2) is 6.10 Å². The summed E-state index contributed by atoms with van der Waals surface area (Å²) in [6.45, 7) is 6.63. The zero-order valence-electron chi connectivity index (χ0n) is 54.1. The first kappa shape index (κ1) is 77.6. The van der Waals surface area contributed by atoms with E-state index >= 15 is 0 Å². The van der Waals surface area contributed by atoms with E-state index in [-0.39, 0.29) is 31.1 Å². The number of rotatable bonds is 67. The van der Waals surface area contributed by atoms with E-state index in [1.54, 1.807) is 0 Å². The van der Waals surface area contributed by atoms with Gasteiger partial charge in [-0.1, -0.05) is 340 Å². The lowest BCUT2D eigenvalue weighted by molar-refractivity contribution is -0.167. The molecule has 0 aliphatic heterocycles. The first-order chi connectivity index (χ1) is 39.5. The number of allylic oxidation sites excluding steroid dienone is 6. The third kappa shape index (κ3) is 66.4. The Morgan fingerprint density at radius 3 is 0.700 bits per heavy atom. The summed E-state index contributed by atoms with van der Waals surface area (Å²) >= 11 is 0. The van der Waals surface area contributed by atoms with E-state index in [4.69, 9.17) is 14.2 Å². The van der Waals surface area contributed by atoms with Gasteiger partial charge in [0.2, 0.25) is 0 Å². The van der Waals surface area contributed by atoms with Gasteiger partial charge in [-0.2, -0.15) is 0 Å². The summed E-state index contributed by atoms with van der Waals surface area (Å²) in [5.74, 6) is -0.854. The summed E-state index contributed by atoms with van der Waals surface area (Å²) in [5, 5.41) is 0. The van der Waals surface area contributed by atoms with Crippen molar-refractivity contribution in [2.24, 2.45) is 0 Å². The van der Waals surface area contributed by atoms with Crippen LogP contribution in [0.25, 0.3) is 0 Å². The third-order valence-electron chi connectivity index (χ3n) is 16.4. The van der Waals surface area contributed by atoms with E-state index in [0.29, 0.717) is 19.3 Å². The monoisotopic (exact) mass is 1120 g/mol. The van der Waals surface area contributed by atoms with E-state index in [1.807, 2.05) is 0 Å². The molecule has 6 nitrogen and oxygen atoms in total. The predicted molar refractivity (Wildman–Crippen MR) is 349 cm³/mol. The van der Waals surface area contributed by atoms with Gasteiger partial charge < -0.3 is 14.2 Å². The van der Waals surface area contributed by atoms with Crippen LogP contribution < -0.4 is 0 Å². The van der Waals surface area contributed by atoms with E-state index in [9.17, 15) is 14.4 Å². The van der Waals surface area contributed by atoms with E-state index in [0.717, 1.165) is 64.2 Å². The Morgan fingerprint density at radius 1 is 0.250 bits per heavy atom. The highest BCUT2D eigenvalue weighted by Gasteiger charge is 2.19. The van der Waals surface area contributed by atoms with E-state index < -0.39 is 6.10 Å². The van der Waals surface area contributed by atoms with Gasteiger partial charge in [0.1, 0.15) is 13.2 Å². The van der Waals surface area contributed by atoms with Crippen molar-refractivity contribution in [3.63, 3.8) is 0 Å². The van der Waals surface area contributed by atoms with Gasteiger partial charge in [0.05, 0.1) is 0 Å². The minimum Gasteiger partial charge on any atom is -0.462 e. The molecular formula is C74H138O6. The number of ether oxygens (including phenoxy) is 3. The predicted octanol–water partition coefficient (Wildman–Crippen LogP) is 24.7. The Kier molecular flexibility index (Phi) is 67.1. The molecule has 0 bridgehead atoms. The molecule has 0 radical (unpaired) electrons. The maximum Gasteiger partial charge on any atom is 0.306 e. The number of esters is 3. The zero-order chi connectivity index (χ0) is 57.8. The lowest BCUT2D eigenvalue weighted by Crippen LogP contribution is -2.30. The Bertz CT molecular complexity index is 1340. The second-order valence-corrected chi connectivity index (χ2v) is 24.5. The van der Waals surface area contributed by atoms with Gasteiger partial charge in [-0.25, -0.2) is 0 Å². The highest BCUT2D eigenvalue weighted by molar-refractivity contribution is 5.71. The molecule has 6 heteroatoms. The van der Waals surface area contributed by atoms with Gasteiger partial charge in [-0.05, 0) is 77.0 Å². The van der Waals surface area contributed by atoms with Crippen LogP contribution in [0.4, 0.5) is 0 Å². The minimum absolute atomic E-state index is 0.0674. The van der Waals surface area contributed by atoms with E-state index in [1.165, 1.54) is 295 Å². The second kappa shape index (κ2) is 69.1.